The lowest BCUT2D eigenvalue weighted by atomic mass is 9.89. The average molecular weight is 344 g/mol. The van der Waals surface area contributed by atoms with Crippen LogP contribution in [0.25, 0.3) is 0 Å². The quantitative estimate of drug-likeness (QED) is 0.362. The van der Waals surface area contributed by atoms with Crippen molar-refractivity contribution < 1.29 is 0 Å². The summed E-state index contributed by atoms with van der Waals surface area (Å²) in [5.74, 6) is 0.852. The minimum atomic E-state index is 0.763. The topological polar surface area (TPSA) is 12.0 Å². The molecule has 1 aromatic carbocycles. The van der Waals surface area contributed by atoms with Crippen LogP contribution >= 0.6 is 0 Å². The van der Waals surface area contributed by atoms with Crippen molar-refractivity contribution in [3.8, 4) is 0 Å². The van der Waals surface area contributed by atoms with Crippen molar-refractivity contribution in [3.05, 3.63) is 35.9 Å². The van der Waals surface area contributed by atoms with E-state index in [1.807, 2.05) is 0 Å². The molecule has 142 valence electrons. The van der Waals surface area contributed by atoms with E-state index in [4.69, 9.17) is 0 Å². The Morgan fingerprint density at radius 3 is 2.04 bits per heavy atom. The molecule has 25 heavy (non-hydrogen) atoms. The zero-order chi connectivity index (χ0) is 17.6. The van der Waals surface area contributed by atoms with Crippen LogP contribution in [0, 0.1) is 5.92 Å². The standard InChI is InChI=1S/C24H41N/c1-2-3-4-5-6-7-8-9-10-11-15-18-24-23(19-20-25-24)21-22-16-13-12-14-17-22/h12-14,16-17,23-25H,2-11,15,18-21H2,1H3. The lowest BCUT2D eigenvalue weighted by Gasteiger charge is -2.19. The van der Waals surface area contributed by atoms with Crippen LogP contribution in [0.1, 0.15) is 96.0 Å². The Kier molecular flexibility index (Phi) is 11.0. The van der Waals surface area contributed by atoms with Crippen molar-refractivity contribution >= 4 is 0 Å². The van der Waals surface area contributed by atoms with Gasteiger partial charge in [0.1, 0.15) is 0 Å². The van der Waals surface area contributed by atoms with Gasteiger partial charge >= 0.3 is 0 Å². The lowest BCUT2D eigenvalue weighted by molar-refractivity contribution is 0.403. The van der Waals surface area contributed by atoms with Gasteiger partial charge in [0.25, 0.3) is 0 Å². The summed E-state index contributed by atoms with van der Waals surface area (Å²) >= 11 is 0. The van der Waals surface area contributed by atoms with Gasteiger partial charge in [-0.25, -0.2) is 0 Å². The second kappa shape index (κ2) is 13.4. The van der Waals surface area contributed by atoms with Gasteiger partial charge in [0.15, 0.2) is 0 Å². The Balaban J connectivity index is 1.46. The average Bonchev–Trinajstić information content (AvgIpc) is 3.07. The van der Waals surface area contributed by atoms with E-state index in [0.717, 1.165) is 12.0 Å². The van der Waals surface area contributed by atoms with Gasteiger partial charge in [0, 0.05) is 6.04 Å². The van der Waals surface area contributed by atoms with Crippen molar-refractivity contribution in [2.75, 3.05) is 6.54 Å². The van der Waals surface area contributed by atoms with Crippen molar-refractivity contribution in [1.82, 2.24) is 5.32 Å². The highest BCUT2D eigenvalue weighted by Crippen LogP contribution is 2.24. The van der Waals surface area contributed by atoms with Gasteiger partial charge in [-0.1, -0.05) is 108 Å². The molecule has 1 aromatic rings. The molecular formula is C24H41N. The van der Waals surface area contributed by atoms with E-state index in [1.54, 1.807) is 0 Å². The van der Waals surface area contributed by atoms with Crippen LogP contribution in [-0.4, -0.2) is 12.6 Å². The monoisotopic (exact) mass is 343 g/mol. The minimum Gasteiger partial charge on any atom is -0.314 e. The summed E-state index contributed by atoms with van der Waals surface area (Å²) in [6, 6.07) is 11.8. The Morgan fingerprint density at radius 2 is 1.40 bits per heavy atom. The molecule has 2 rings (SSSR count). The molecule has 0 aromatic heterocycles. The van der Waals surface area contributed by atoms with Crippen LogP contribution in [0.3, 0.4) is 0 Å². The van der Waals surface area contributed by atoms with Crippen molar-refractivity contribution in [3.63, 3.8) is 0 Å². The third-order valence-electron chi connectivity index (χ3n) is 5.95. The second-order valence-electron chi connectivity index (χ2n) is 8.12. The molecule has 0 saturated carbocycles. The van der Waals surface area contributed by atoms with Gasteiger partial charge in [-0.05, 0) is 37.3 Å². The molecule has 0 amide bonds. The molecule has 1 fully saturated rings. The third-order valence-corrected chi connectivity index (χ3v) is 5.95. The number of unbranched alkanes of at least 4 members (excludes halogenated alkanes) is 10. The van der Waals surface area contributed by atoms with Crippen molar-refractivity contribution in [2.45, 2.75) is 103 Å². The van der Waals surface area contributed by atoms with Gasteiger partial charge in [-0.2, -0.15) is 0 Å². The first-order chi connectivity index (χ1) is 12.4. The first-order valence-electron chi connectivity index (χ1n) is 11.2. The molecule has 0 aliphatic carbocycles. The SMILES string of the molecule is CCCCCCCCCCCCCC1NCCC1Cc1ccccc1. The number of hydrogen-bond acceptors (Lipinski definition) is 1. The maximum Gasteiger partial charge on any atom is 0.00989 e. The summed E-state index contributed by atoms with van der Waals surface area (Å²) in [4.78, 5) is 0. The van der Waals surface area contributed by atoms with Gasteiger partial charge in [0.2, 0.25) is 0 Å². The molecule has 1 heterocycles. The predicted octanol–water partition coefficient (Wildman–Crippen LogP) is 6.91. The lowest BCUT2D eigenvalue weighted by Crippen LogP contribution is -2.27. The fraction of sp³-hybridized carbons (Fsp3) is 0.750. The third kappa shape index (κ3) is 8.90. The summed E-state index contributed by atoms with van der Waals surface area (Å²) in [6.07, 6.45) is 19.9. The summed E-state index contributed by atoms with van der Waals surface area (Å²) < 4.78 is 0. The van der Waals surface area contributed by atoms with E-state index in [0.29, 0.717) is 0 Å². The fourth-order valence-electron chi connectivity index (χ4n) is 4.35. The Morgan fingerprint density at radius 1 is 0.800 bits per heavy atom. The van der Waals surface area contributed by atoms with Crippen LogP contribution in [0.2, 0.25) is 0 Å². The normalized spacial score (nSPS) is 20.2. The largest absolute Gasteiger partial charge is 0.314 e. The molecule has 1 aliphatic heterocycles. The Labute approximate surface area is 157 Å². The molecule has 0 spiro atoms. The van der Waals surface area contributed by atoms with E-state index < -0.39 is 0 Å². The summed E-state index contributed by atoms with van der Waals surface area (Å²) in [6.45, 7) is 3.52. The van der Waals surface area contributed by atoms with E-state index in [1.165, 1.54) is 102 Å². The van der Waals surface area contributed by atoms with Gasteiger partial charge in [0.05, 0.1) is 0 Å². The van der Waals surface area contributed by atoms with Crippen LogP contribution < -0.4 is 5.32 Å². The molecule has 1 heteroatoms. The molecule has 1 saturated heterocycles. The molecular weight excluding hydrogens is 302 g/mol. The zero-order valence-corrected chi connectivity index (χ0v) is 16.6. The fourth-order valence-corrected chi connectivity index (χ4v) is 4.35. The van der Waals surface area contributed by atoms with Gasteiger partial charge < -0.3 is 5.32 Å². The summed E-state index contributed by atoms with van der Waals surface area (Å²) in [7, 11) is 0. The maximum absolute atomic E-state index is 3.76. The summed E-state index contributed by atoms with van der Waals surface area (Å²) in [5.41, 5.74) is 1.51. The molecule has 2 unspecified atom stereocenters. The van der Waals surface area contributed by atoms with E-state index >= 15 is 0 Å². The van der Waals surface area contributed by atoms with Crippen LogP contribution in [0.15, 0.2) is 30.3 Å². The predicted molar refractivity (Wildman–Crippen MR) is 111 cm³/mol. The highest BCUT2D eigenvalue weighted by Gasteiger charge is 2.26. The number of rotatable bonds is 14. The Bertz CT molecular complexity index is 413. The number of hydrogen-bond donors (Lipinski definition) is 1. The summed E-state index contributed by atoms with van der Waals surface area (Å²) in [5, 5.41) is 3.76. The maximum atomic E-state index is 3.76. The molecule has 0 bridgehead atoms. The number of benzene rings is 1. The zero-order valence-electron chi connectivity index (χ0n) is 16.6. The Hall–Kier alpha value is -0.820. The van der Waals surface area contributed by atoms with Crippen molar-refractivity contribution in [1.29, 1.82) is 0 Å². The first-order valence-corrected chi connectivity index (χ1v) is 11.2. The molecule has 0 radical (unpaired) electrons. The molecule has 1 N–H and O–H groups in total. The highest BCUT2D eigenvalue weighted by atomic mass is 14.9. The molecule has 1 aliphatic rings. The van der Waals surface area contributed by atoms with Gasteiger partial charge in [-0.15, -0.1) is 0 Å². The first kappa shape index (κ1) is 20.5. The van der Waals surface area contributed by atoms with Crippen LogP contribution in [0.5, 0.6) is 0 Å². The second-order valence-corrected chi connectivity index (χ2v) is 8.12. The van der Waals surface area contributed by atoms with Gasteiger partial charge in [-0.3, -0.25) is 0 Å². The van der Waals surface area contributed by atoms with Crippen LogP contribution in [0.4, 0.5) is 0 Å². The van der Waals surface area contributed by atoms with E-state index in [2.05, 4.69) is 42.6 Å². The minimum absolute atomic E-state index is 0.763. The smallest absolute Gasteiger partial charge is 0.00989 e. The van der Waals surface area contributed by atoms with E-state index in [-0.39, 0.29) is 0 Å². The van der Waals surface area contributed by atoms with Crippen molar-refractivity contribution in [2.24, 2.45) is 5.92 Å². The number of nitrogens with one attached hydrogen (secondary N) is 1. The van der Waals surface area contributed by atoms with E-state index in [9.17, 15) is 0 Å². The van der Waals surface area contributed by atoms with Crippen LogP contribution in [-0.2, 0) is 6.42 Å². The highest BCUT2D eigenvalue weighted by molar-refractivity contribution is 5.16. The molecule has 2 atom stereocenters. The molecule has 1 nitrogen and oxygen atoms in total.